The summed E-state index contributed by atoms with van der Waals surface area (Å²) in [6.45, 7) is 2.63. The average Bonchev–Trinajstić information content (AvgIpc) is 2.78. The highest BCUT2D eigenvalue weighted by Crippen LogP contribution is 2.42. The first-order valence-corrected chi connectivity index (χ1v) is 9.54. The van der Waals surface area contributed by atoms with E-state index in [1.165, 1.54) is 13.8 Å². The number of thioether (sulfide) groups is 1. The van der Waals surface area contributed by atoms with E-state index in [4.69, 9.17) is 4.74 Å². The Balaban J connectivity index is 2.42. The molecule has 1 aliphatic rings. The Morgan fingerprint density at radius 2 is 1.92 bits per heavy atom. The lowest BCUT2D eigenvalue weighted by Gasteiger charge is -2.11. The van der Waals surface area contributed by atoms with Crippen LogP contribution in [0.5, 0.6) is 5.75 Å². The van der Waals surface area contributed by atoms with Gasteiger partial charge in [0.2, 0.25) is 5.91 Å². The van der Waals surface area contributed by atoms with Gasteiger partial charge in [0.15, 0.2) is 10.9 Å². The molecular weight excluding hydrogens is 532 g/mol. The van der Waals surface area contributed by atoms with Crippen LogP contribution in [0.25, 0.3) is 6.08 Å². The lowest BCUT2D eigenvalue weighted by atomic mass is 10.2. The van der Waals surface area contributed by atoms with Crippen LogP contribution < -0.4 is 10.1 Å². The number of carbonyl (C=O) groups is 3. The van der Waals surface area contributed by atoms with Crippen molar-refractivity contribution < 1.29 is 19.1 Å². The van der Waals surface area contributed by atoms with Gasteiger partial charge in [-0.2, -0.15) is 4.99 Å². The topological polar surface area (TPSA) is 84.8 Å². The smallest absolute Gasteiger partial charge is 0.308 e. The molecule has 0 radical (unpaired) electrons. The zero-order chi connectivity index (χ0) is 18.0. The third-order valence-corrected chi connectivity index (χ3v) is 5.52. The van der Waals surface area contributed by atoms with E-state index in [1.54, 1.807) is 12.1 Å². The number of rotatable bonds is 2. The van der Waals surface area contributed by atoms with Crippen molar-refractivity contribution in [1.82, 2.24) is 5.32 Å². The molecule has 10 heteroatoms. The number of aliphatic imine (C=N–C) groups is 1. The largest absolute Gasteiger partial charge is 0.424 e. The second-order valence-corrected chi connectivity index (χ2v) is 8.04. The van der Waals surface area contributed by atoms with Crippen LogP contribution in [0.3, 0.4) is 0 Å². The predicted octanol–water partition coefficient (Wildman–Crippen LogP) is 4.01. The highest BCUT2D eigenvalue weighted by molar-refractivity contribution is 9.11. The zero-order valence-electron chi connectivity index (χ0n) is 12.3. The number of hydrogen-bond donors (Lipinski definition) is 1. The van der Waals surface area contributed by atoms with E-state index in [0.717, 1.165) is 11.8 Å². The maximum atomic E-state index is 12.0. The number of benzene rings is 1. The molecule has 1 aromatic rings. The molecule has 0 saturated heterocycles. The Morgan fingerprint density at radius 3 is 2.50 bits per heavy atom. The number of amidine groups is 1. The maximum Gasteiger partial charge on any atom is 0.308 e. The molecule has 0 unspecified atom stereocenters. The fraction of sp³-hybridized carbons (Fsp3) is 0.143. The SMILES string of the molecule is CC(=O)NC1=NC(=O)/C(=C/c2c(Br)cc(Br)c(OC(C)=O)c2Br)S1. The highest BCUT2D eigenvalue weighted by atomic mass is 79.9. The number of halogens is 3. The van der Waals surface area contributed by atoms with Gasteiger partial charge in [0.05, 0.1) is 13.9 Å². The normalized spacial score (nSPS) is 15.5. The summed E-state index contributed by atoms with van der Waals surface area (Å²) >= 11 is 11.2. The summed E-state index contributed by atoms with van der Waals surface area (Å²) in [6.07, 6.45) is 1.60. The Kier molecular flexibility index (Phi) is 6.40. The summed E-state index contributed by atoms with van der Waals surface area (Å²) in [7, 11) is 0. The number of nitrogens with one attached hydrogen (secondary N) is 1. The summed E-state index contributed by atoms with van der Waals surface area (Å²) in [5, 5.41) is 2.70. The Morgan fingerprint density at radius 1 is 1.25 bits per heavy atom. The first kappa shape index (κ1) is 19.4. The molecule has 0 fully saturated rings. The van der Waals surface area contributed by atoms with Gasteiger partial charge in [-0.1, -0.05) is 15.9 Å². The van der Waals surface area contributed by atoms with Crippen LogP contribution in [0.2, 0.25) is 0 Å². The molecule has 2 amide bonds. The summed E-state index contributed by atoms with van der Waals surface area (Å²) in [5.74, 6) is -0.936. The molecular formula is C14H9Br3N2O4S. The number of amides is 2. The van der Waals surface area contributed by atoms with Gasteiger partial charge in [-0.3, -0.25) is 14.4 Å². The monoisotopic (exact) mass is 538 g/mol. The minimum atomic E-state index is -0.472. The van der Waals surface area contributed by atoms with E-state index in [0.29, 0.717) is 29.6 Å². The van der Waals surface area contributed by atoms with Crippen LogP contribution in [-0.2, 0) is 14.4 Å². The van der Waals surface area contributed by atoms with Crippen molar-refractivity contribution in [2.75, 3.05) is 0 Å². The van der Waals surface area contributed by atoms with Gasteiger partial charge in [0.1, 0.15) is 0 Å². The molecule has 1 heterocycles. The van der Waals surface area contributed by atoms with Gasteiger partial charge in [-0.15, -0.1) is 0 Å². The molecule has 1 aromatic carbocycles. The van der Waals surface area contributed by atoms with Crippen molar-refractivity contribution in [3.05, 3.63) is 30.0 Å². The van der Waals surface area contributed by atoms with Crippen molar-refractivity contribution in [2.24, 2.45) is 4.99 Å². The highest BCUT2D eigenvalue weighted by Gasteiger charge is 2.24. The molecule has 0 atom stereocenters. The van der Waals surface area contributed by atoms with Crippen LogP contribution in [-0.4, -0.2) is 23.0 Å². The summed E-state index contributed by atoms with van der Waals surface area (Å²) in [5.41, 5.74) is 0.601. The van der Waals surface area contributed by atoms with Crippen LogP contribution in [0.4, 0.5) is 0 Å². The predicted molar refractivity (Wildman–Crippen MR) is 103 cm³/mol. The molecule has 0 spiro atoms. The van der Waals surface area contributed by atoms with Crippen LogP contribution in [0.15, 0.2) is 29.4 Å². The van der Waals surface area contributed by atoms with Crippen molar-refractivity contribution >= 4 is 88.6 Å². The summed E-state index contributed by atoms with van der Waals surface area (Å²) in [4.78, 5) is 38.4. The van der Waals surface area contributed by atoms with Gasteiger partial charge in [0.25, 0.3) is 5.91 Å². The number of hydrogen-bond acceptors (Lipinski definition) is 5. The molecule has 1 N–H and O–H groups in total. The average molecular weight is 541 g/mol. The molecule has 126 valence electrons. The van der Waals surface area contributed by atoms with E-state index in [2.05, 4.69) is 58.1 Å². The zero-order valence-corrected chi connectivity index (χ0v) is 17.9. The fourth-order valence-electron chi connectivity index (χ4n) is 1.70. The first-order valence-electron chi connectivity index (χ1n) is 6.35. The van der Waals surface area contributed by atoms with Gasteiger partial charge in [-0.25, -0.2) is 0 Å². The van der Waals surface area contributed by atoms with Crippen LogP contribution in [0, 0.1) is 0 Å². The summed E-state index contributed by atoms with van der Waals surface area (Å²) < 4.78 is 6.91. The number of carbonyl (C=O) groups excluding carboxylic acids is 3. The number of esters is 1. The van der Waals surface area contributed by atoms with Crippen molar-refractivity contribution in [2.45, 2.75) is 13.8 Å². The third-order valence-electron chi connectivity index (χ3n) is 2.59. The quantitative estimate of drug-likeness (QED) is 0.348. The summed E-state index contributed by atoms with van der Waals surface area (Å²) in [6, 6.07) is 1.70. The van der Waals surface area contributed by atoms with Crippen molar-refractivity contribution in [3.63, 3.8) is 0 Å². The molecule has 6 nitrogen and oxygen atoms in total. The van der Waals surface area contributed by atoms with E-state index in [1.807, 2.05) is 0 Å². The maximum absolute atomic E-state index is 12.0. The van der Waals surface area contributed by atoms with Crippen molar-refractivity contribution in [1.29, 1.82) is 0 Å². The number of nitrogens with zero attached hydrogens (tertiary/aromatic N) is 1. The Bertz CT molecular complexity index is 821. The van der Waals surface area contributed by atoms with E-state index < -0.39 is 11.9 Å². The molecule has 0 aliphatic carbocycles. The van der Waals surface area contributed by atoms with Gasteiger partial charge in [-0.05, 0) is 55.8 Å². The lowest BCUT2D eigenvalue weighted by Crippen LogP contribution is -2.23. The van der Waals surface area contributed by atoms with E-state index in [-0.39, 0.29) is 11.1 Å². The lowest BCUT2D eigenvalue weighted by molar-refractivity contribution is -0.132. The van der Waals surface area contributed by atoms with Crippen LogP contribution in [0.1, 0.15) is 19.4 Å². The minimum Gasteiger partial charge on any atom is -0.424 e. The van der Waals surface area contributed by atoms with E-state index >= 15 is 0 Å². The molecule has 24 heavy (non-hydrogen) atoms. The van der Waals surface area contributed by atoms with Crippen LogP contribution >= 0.6 is 59.6 Å². The van der Waals surface area contributed by atoms with Gasteiger partial charge < -0.3 is 10.1 Å². The van der Waals surface area contributed by atoms with Gasteiger partial charge in [0, 0.05) is 23.9 Å². The van der Waals surface area contributed by atoms with E-state index in [9.17, 15) is 14.4 Å². The molecule has 0 saturated carbocycles. The molecule has 1 aliphatic heterocycles. The fourth-order valence-corrected chi connectivity index (χ4v) is 5.05. The third kappa shape index (κ3) is 4.56. The molecule has 2 rings (SSSR count). The Labute approximate surface area is 166 Å². The molecule has 0 bridgehead atoms. The second kappa shape index (κ2) is 7.94. The number of ether oxygens (including phenoxy) is 1. The Hall–Kier alpha value is -0.970. The standard InChI is InChI=1S/C14H9Br3N2O4S/c1-5(20)18-14-19-13(22)10(24-14)3-7-8(15)4-9(16)12(11(7)17)23-6(2)21/h3-4H,1-2H3,(H,18,19,20,22)/b10-3-. The molecule has 0 aromatic heterocycles. The van der Waals surface area contributed by atoms with Gasteiger partial charge >= 0.3 is 5.97 Å². The minimum absolute atomic E-state index is 0.225. The second-order valence-electron chi connectivity index (χ2n) is 4.50. The van der Waals surface area contributed by atoms with Crippen molar-refractivity contribution in [3.8, 4) is 5.75 Å². The first-order chi connectivity index (χ1) is 11.2.